The number of pyridine rings is 1. The number of nitrogens with zero attached hydrogens (tertiary/aromatic N) is 2. The number of hydrogen-bond donors (Lipinski definition) is 0. The Kier molecular flexibility index (Phi) is 13.5. The van der Waals surface area contributed by atoms with E-state index in [2.05, 4.69) is 67.3 Å². The second kappa shape index (κ2) is 17.1. The summed E-state index contributed by atoms with van der Waals surface area (Å²) in [5, 5.41) is 0. The Hall–Kier alpha value is -3.50. The van der Waals surface area contributed by atoms with E-state index < -0.39 is 38.7 Å². The number of hydrogen-bond acceptors (Lipinski definition) is 8. The van der Waals surface area contributed by atoms with Crippen LogP contribution in [0.3, 0.4) is 0 Å². The smallest absolute Gasteiger partial charge is 0.396 e. The highest BCUT2D eigenvalue weighted by Crippen LogP contribution is 2.43. The molecule has 1 amide bonds. The molecule has 50 heavy (non-hydrogen) atoms. The van der Waals surface area contributed by atoms with E-state index in [0.29, 0.717) is 35.6 Å². The molecule has 0 radical (unpaired) electrons. The molecule has 0 bridgehead atoms. The van der Waals surface area contributed by atoms with Gasteiger partial charge in [-0.15, -0.1) is 0 Å². The third-order valence-corrected chi connectivity index (χ3v) is 16.5. The van der Waals surface area contributed by atoms with Crippen LogP contribution in [-0.2, 0) is 41.3 Å². The van der Waals surface area contributed by atoms with Crippen molar-refractivity contribution in [3.8, 4) is 0 Å². The van der Waals surface area contributed by atoms with E-state index in [9.17, 15) is 14.4 Å². The van der Waals surface area contributed by atoms with Gasteiger partial charge in [0.15, 0.2) is 6.10 Å². The molecule has 1 saturated carbocycles. The second-order valence-corrected chi connectivity index (χ2v) is 20.8. The first-order chi connectivity index (χ1) is 23.6. The topological polar surface area (TPSA) is 104 Å². The highest BCUT2D eigenvalue weighted by molar-refractivity contribution is 6.78. The maximum Gasteiger partial charge on any atom is 0.396 e. The van der Waals surface area contributed by atoms with Gasteiger partial charge in [0.2, 0.25) is 6.29 Å². The summed E-state index contributed by atoms with van der Waals surface area (Å²) >= 11 is 0. The summed E-state index contributed by atoms with van der Waals surface area (Å²) in [5.74, 6) is 0.101. The zero-order valence-corrected chi connectivity index (χ0v) is 32.7. The van der Waals surface area contributed by atoms with E-state index >= 15 is 0 Å². The van der Waals surface area contributed by atoms with E-state index in [4.69, 9.17) is 18.6 Å². The van der Waals surface area contributed by atoms with Crippen molar-refractivity contribution in [2.45, 2.75) is 137 Å². The monoisotopic (exact) mass is 706 g/mol. The molecule has 2 aromatic rings. The van der Waals surface area contributed by atoms with Crippen molar-refractivity contribution >= 4 is 26.3 Å². The van der Waals surface area contributed by atoms with Gasteiger partial charge in [-0.3, -0.25) is 9.78 Å². The van der Waals surface area contributed by atoms with Crippen LogP contribution in [0.25, 0.3) is 0 Å². The number of ether oxygens (including phenoxy) is 3. The molecule has 1 fully saturated rings. The highest BCUT2D eigenvalue weighted by atomic mass is 28.4. The number of rotatable bonds is 14. The molecule has 0 N–H and O–H groups in total. The fraction of sp³-hybridized carbons (Fsp3) is 0.600. The predicted molar refractivity (Wildman–Crippen MR) is 196 cm³/mol. The van der Waals surface area contributed by atoms with Gasteiger partial charge in [-0.05, 0) is 70.5 Å². The van der Waals surface area contributed by atoms with Crippen LogP contribution in [0.1, 0.15) is 111 Å². The summed E-state index contributed by atoms with van der Waals surface area (Å²) in [7, 11) is -2.58. The SMILES string of the molecule is CC(=O)O[C@H](C1=C[C@H](O[C@@H]2C[C@H](C)CC[C@H]2C(C)C)OC1=O)c1ncccc1CN(Cc1ccccc1)C(=O)O[Si](C(C)C)(C(C)C)C(C)C. The maximum absolute atomic E-state index is 14.3. The van der Waals surface area contributed by atoms with Crippen molar-refractivity contribution in [3.05, 3.63) is 77.1 Å². The highest BCUT2D eigenvalue weighted by Gasteiger charge is 2.49. The van der Waals surface area contributed by atoms with Gasteiger partial charge >= 0.3 is 18.0 Å². The molecule has 10 heteroatoms. The van der Waals surface area contributed by atoms with Gasteiger partial charge in [0, 0.05) is 19.7 Å². The van der Waals surface area contributed by atoms with Gasteiger partial charge < -0.3 is 23.5 Å². The Labute approximate surface area is 300 Å². The number of cyclic esters (lactones) is 1. The van der Waals surface area contributed by atoms with Crippen molar-refractivity contribution in [2.24, 2.45) is 17.8 Å². The Bertz CT molecular complexity index is 1470. The minimum absolute atomic E-state index is 0.0551. The number of carbonyl (C=O) groups excluding carboxylic acids is 3. The lowest BCUT2D eigenvalue weighted by molar-refractivity contribution is -0.179. The molecular weight excluding hydrogens is 649 g/mol. The molecule has 9 nitrogen and oxygen atoms in total. The molecule has 2 aliphatic rings. The van der Waals surface area contributed by atoms with Gasteiger partial charge in [0.1, 0.15) is 0 Å². The third kappa shape index (κ3) is 9.23. The van der Waals surface area contributed by atoms with Crippen LogP contribution >= 0.6 is 0 Å². The van der Waals surface area contributed by atoms with Gasteiger partial charge in [-0.1, -0.05) is 105 Å². The van der Waals surface area contributed by atoms with Crippen molar-refractivity contribution in [1.29, 1.82) is 0 Å². The van der Waals surface area contributed by atoms with Gasteiger partial charge in [-0.2, -0.15) is 0 Å². The second-order valence-electron chi connectivity index (χ2n) is 15.5. The molecule has 0 spiro atoms. The van der Waals surface area contributed by atoms with Crippen molar-refractivity contribution in [3.63, 3.8) is 0 Å². The summed E-state index contributed by atoms with van der Waals surface area (Å²) in [5.41, 5.74) is 2.68. The zero-order valence-electron chi connectivity index (χ0n) is 31.7. The standard InChI is InChI=1S/C40H58N2O7Si/c1-25(2)33-19-18-29(9)21-35(33)47-36-22-34(39(44)48-36)38(46-30(10)43)37-32(17-14-20-41-37)24-42(23-31-15-12-11-13-16-31)40(45)49-50(26(3)4,27(5)6)28(7)8/h11-17,20,22,25-29,33,35-36,38H,18-19,21,23-24H2,1-10H3/t29-,33+,35-,36-,38-/m1/s1. The number of aromatic nitrogens is 1. The minimum atomic E-state index is -2.58. The summed E-state index contributed by atoms with van der Waals surface area (Å²) in [6.07, 6.45) is 3.81. The van der Waals surface area contributed by atoms with Crippen LogP contribution in [0.5, 0.6) is 0 Å². The fourth-order valence-corrected chi connectivity index (χ4v) is 13.3. The van der Waals surface area contributed by atoms with Crippen molar-refractivity contribution in [1.82, 2.24) is 9.88 Å². The number of carbonyl (C=O) groups is 3. The first-order valence-electron chi connectivity index (χ1n) is 18.3. The van der Waals surface area contributed by atoms with Crippen LogP contribution in [0.15, 0.2) is 60.3 Å². The lowest BCUT2D eigenvalue weighted by atomic mass is 9.75. The van der Waals surface area contributed by atoms with Crippen LogP contribution in [0.4, 0.5) is 4.79 Å². The summed E-state index contributed by atoms with van der Waals surface area (Å²) in [6, 6.07) is 13.4. The normalized spacial score (nSPS) is 21.7. The number of benzene rings is 1. The number of esters is 2. The zero-order chi connectivity index (χ0) is 36.7. The quantitative estimate of drug-likeness (QED) is 0.141. The summed E-state index contributed by atoms with van der Waals surface area (Å²) in [6.45, 7) is 21.2. The van der Waals surface area contributed by atoms with Gasteiger partial charge in [0.25, 0.3) is 8.32 Å². The molecular formula is C40H58N2O7Si. The average Bonchev–Trinajstić information content (AvgIpc) is 3.41. The van der Waals surface area contributed by atoms with Crippen LogP contribution in [0.2, 0.25) is 16.6 Å². The third-order valence-electron chi connectivity index (χ3n) is 10.6. The first kappa shape index (κ1) is 39.3. The molecule has 5 atom stereocenters. The van der Waals surface area contributed by atoms with Gasteiger partial charge in [0.05, 0.1) is 23.9 Å². The van der Waals surface area contributed by atoms with E-state index in [0.717, 1.165) is 24.8 Å². The average molecular weight is 707 g/mol. The number of amides is 1. The fourth-order valence-electron chi connectivity index (χ4n) is 8.14. The maximum atomic E-state index is 14.3. The molecule has 1 aliphatic carbocycles. The van der Waals surface area contributed by atoms with Crippen molar-refractivity contribution < 1.29 is 33.0 Å². The Morgan fingerprint density at radius 2 is 1.60 bits per heavy atom. The molecule has 1 aromatic carbocycles. The molecule has 0 unspecified atom stereocenters. The first-order valence-corrected chi connectivity index (χ1v) is 20.5. The molecule has 0 saturated heterocycles. The van der Waals surface area contributed by atoms with E-state index in [1.54, 1.807) is 23.2 Å². The molecule has 274 valence electrons. The van der Waals surface area contributed by atoms with Crippen molar-refractivity contribution in [2.75, 3.05) is 0 Å². The molecule has 4 rings (SSSR count). The Morgan fingerprint density at radius 3 is 2.20 bits per heavy atom. The molecule has 1 aliphatic heterocycles. The Balaban J connectivity index is 1.69. The summed E-state index contributed by atoms with van der Waals surface area (Å²) in [4.78, 5) is 46.6. The summed E-state index contributed by atoms with van der Waals surface area (Å²) < 4.78 is 24.6. The largest absolute Gasteiger partial charge is 0.503 e. The minimum Gasteiger partial charge on any atom is -0.503 e. The van der Waals surface area contributed by atoms with Crippen LogP contribution in [-0.4, -0.2) is 48.6 Å². The van der Waals surface area contributed by atoms with Gasteiger partial charge in [-0.25, -0.2) is 9.59 Å². The lowest BCUT2D eigenvalue weighted by Crippen LogP contribution is -2.51. The molecule has 2 heterocycles. The van der Waals surface area contributed by atoms with Crippen LogP contribution in [0, 0.1) is 17.8 Å². The molecule has 1 aromatic heterocycles. The van der Waals surface area contributed by atoms with E-state index in [1.165, 1.54) is 6.92 Å². The van der Waals surface area contributed by atoms with E-state index in [1.807, 2.05) is 36.4 Å². The van der Waals surface area contributed by atoms with Crippen LogP contribution < -0.4 is 0 Å². The lowest BCUT2D eigenvalue weighted by Gasteiger charge is -2.42. The Morgan fingerprint density at radius 1 is 0.940 bits per heavy atom. The predicted octanol–water partition coefficient (Wildman–Crippen LogP) is 9.29. The van der Waals surface area contributed by atoms with E-state index in [-0.39, 0.29) is 34.8 Å².